The Morgan fingerprint density at radius 2 is 2.22 bits per heavy atom. The average Bonchev–Trinajstić information content (AvgIpc) is 2.37. The Kier molecular flexibility index (Phi) is 5.04. The van der Waals surface area contributed by atoms with Crippen LogP contribution in [0.4, 0.5) is 0 Å². The Morgan fingerprint density at radius 3 is 2.89 bits per heavy atom. The maximum atomic E-state index is 6.22. The van der Waals surface area contributed by atoms with Crippen molar-refractivity contribution in [3.8, 4) is 0 Å². The Bertz CT molecular complexity index is 394. The molecule has 1 aliphatic rings. The predicted molar refractivity (Wildman–Crippen MR) is 75.6 cm³/mol. The monoisotopic (exact) mass is 267 g/mol. The molecule has 2 rings (SSSR count). The zero-order valence-electron chi connectivity index (χ0n) is 11.0. The van der Waals surface area contributed by atoms with Gasteiger partial charge in [0.15, 0.2) is 0 Å². The van der Waals surface area contributed by atoms with E-state index in [1.807, 2.05) is 18.2 Å². The SMILES string of the molecule is CC1CCCC(OCc2ccc(CN)cc2Cl)C1. The van der Waals surface area contributed by atoms with Crippen LogP contribution in [-0.4, -0.2) is 6.10 Å². The van der Waals surface area contributed by atoms with Gasteiger partial charge >= 0.3 is 0 Å². The van der Waals surface area contributed by atoms with Crippen LogP contribution >= 0.6 is 11.6 Å². The molecule has 0 aromatic heterocycles. The Labute approximate surface area is 114 Å². The number of benzene rings is 1. The fraction of sp³-hybridized carbons (Fsp3) is 0.600. The van der Waals surface area contributed by atoms with Crippen molar-refractivity contribution in [3.63, 3.8) is 0 Å². The molecule has 18 heavy (non-hydrogen) atoms. The average molecular weight is 268 g/mol. The summed E-state index contributed by atoms with van der Waals surface area (Å²) in [7, 11) is 0. The number of halogens is 1. The first-order chi connectivity index (χ1) is 8.69. The molecule has 1 aliphatic carbocycles. The van der Waals surface area contributed by atoms with E-state index < -0.39 is 0 Å². The first-order valence-corrected chi connectivity index (χ1v) is 7.16. The minimum absolute atomic E-state index is 0.402. The van der Waals surface area contributed by atoms with Crippen molar-refractivity contribution in [1.82, 2.24) is 0 Å². The van der Waals surface area contributed by atoms with Crippen molar-refractivity contribution in [3.05, 3.63) is 34.3 Å². The molecule has 0 radical (unpaired) electrons. The third-order valence-electron chi connectivity index (χ3n) is 3.72. The normalized spacial score (nSPS) is 24.2. The molecular weight excluding hydrogens is 246 g/mol. The van der Waals surface area contributed by atoms with Gasteiger partial charge in [0.25, 0.3) is 0 Å². The summed E-state index contributed by atoms with van der Waals surface area (Å²) in [4.78, 5) is 0. The largest absolute Gasteiger partial charge is 0.373 e. The van der Waals surface area contributed by atoms with Crippen LogP contribution in [0.15, 0.2) is 18.2 Å². The van der Waals surface area contributed by atoms with E-state index in [2.05, 4.69) is 6.92 Å². The van der Waals surface area contributed by atoms with Crippen LogP contribution in [0.3, 0.4) is 0 Å². The van der Waals surface area contributed by atoms with Gasteiger partial charge in [-0.1, -0.05) is 43.5 Å². The molecule has 1 fully saturated rings. The highest BCUT2D eigenvalue weighted by Crippen LogP contribution is 2.27. The molecular formula is C15H22ClNO. The van der Waals surface area contributed by atoms with Gasteiger partial charge in [0.05, 0.1) is 12.7 Å². The summed E-state index contributed by atoms with van der Waals surface area (Å²) in [6.45, 7) is 3.45. The molecule has 1 aromatic rings. The number of rotatable bonds is 4. The molecule has 100 valence electrons. The van der Waals surface area contributed by atoms with E-state index in [1.54, 1.807) is 0 Å². The Morgan fingerprint density at radius 1 is 1.39 bits per heavy atom. The standard InChI is InChI=1S/C15H22ClNO/c1-11-3-2-4-14(7-11)18-10-13-6-5-12(9-17)8-15(13)16/h5-6,8,11,14H,2-4,7,9-10,17H2,1H3. The van der Waals surface area contributed by atoms with Gasteiger partial charge < -0.3 is 10.5 Å². The molecule has 2 atom stereocenters. The molecule has 0 saturated heterocycles. The summed E-state index contributed by atoms with van der Waals surface area (Å²) in [6.07, 6.45) is 5.39. The lowest BCUT2D eigenvalue weighted by Crippen LogP contribution is -2.21. The van der Waals surface area contributed by atoms with Gasteiger partial charge in [-0.15, -0.1) is 0 Å². The van der Waals surface area contributed by atoms with Crippen molar-refractivity contribution in [2.45, 2.75) is 51.9 Å². The van der Waals surface area contributed by atoms with E-state index in [4.69, 9.17) is 22.1 Å². The molecule has 1 saturated carbocycles. The summed E-state index contributed by atoms with van der Waals surface area (Å²) in [5.74, 6) is 0.791. The van der Waals surface area contributed by atoms with Crippen LogP contribution in [0.1, 0.15) is 43.7 Å². The highest BCUT2D eigenvalue weighted by molar-refractivity contribution is 6.31. The first-order valence-electron chi connectivity index (χ1n) is 6.78. The third-order valence-corrected chi connectivity index (χ3v) is 4.07. The second-order valence-electron chi connectivity index (χ2n) is 5.33. The van der Waals surface area contributed by atoms with Crippen molar-refractivity contribution in [1.29, 1.82) is 0 Å². The summed E-state index contributed by atoms with van der Waals surface area (Å²) in [6, 6.07) is 5.98. The molecule has 0 amide bonds. The van der Waals surface area contributed by atoms with E-state index in [9.17, 15) is 0 Å². The summed E-state index contributed by atoms with van der Waals surface area (Å²) >= 11 is 6.22. The maximum absolute atomic E-state index is 6.22. The topological polar surface area (TPSA) is 35.2 Å². The van der Waals surface area contributed by atoms with Gasteiger partial charge in [0.2, 0.25) is 0 Å². The van der Waals surface area contributed by atoms with E-state index in [-0.39, 0.29) is 0 Å². The lowest BCUT2D eigenvalue weighted by Gasteiger charge is -2.27. The van der Waals surface area contributed by atoms with Crippen LogP contribution in [0.25, 0.3) is 0 Å². The number of ether oxygens (including phenoxy) is 1. The fourth-order valence-electron chi connectivity index (χ4n) is 2.57. The Balaban J connectivity index is 1.89. The summed E-state index contributed by atoms with van der Waals surface area (Å²) in [5, 5.41) is 0.766. The molecule has 3 heteroatoms. The van der Waals surface area contributed by atoms with Crippen LogP contribution < -0.4 is 5.73 Å². The highest BCUT2D eigenvalue weighted by atomic mass is 35.5. The highest BCUT2D eigenvalue weighted by Gasteiger charge is 2.19. The second kappa shape index (κ2) is 6.55. The second-order valence-corrected chi connectivity index (χ2v) is 5.74. The molecule has 0 bridgehead atoms. The molecule has 2 unspecified atom stereocenters. The summed E-state index contributed by atoms with van der Waals surface area (Å²) in [5.41, 5.74) is 7.71. The van der Waals surface area contributed by atoms with Gasteiger partial charge in [-0.25, -0.2) is 0 Å². The van der Waals surface area contributed by atoms with Gasteiger partial charge in [-0.05, 0) is 36.0 Å². The predicted octanol–water partition coefficient (Wildman–Crippen LogP) is 3.89. The van der Waals surface area contributed by atoms with E-state index in [0.29, 0.717) is 19.3 Å². The smallest absolute Gasteiger partial charge is 0.0735 e. The van der Waals surface area contributed by atoms with Crippen molar-refractivity contribution >= 4 is 11.6 Å². The summed E-state index contributed by atoms with van der Waals surface area (Å²) < 4.78 is 5.98. The van der Waals surface area contributed by atoms with Crippen LogP contribution in [0.2, 0.25) is 5.02 Å². The molecule has 2 nitrogen and oxygen atoms in total. The number of nitrogens with two attached hydrogens (primary N) is 1. The molecule has 0 spiro atoms. The van der Waals surface area contributed by atoms with E-state index >= 15 is 0 Å². The van der Waals surface area contributed by atoms with Gasteiger partial charge in [-0.3, -0.25) is 0 Å². The molecule has 0 aliphatic heterocycles. The van der Waals surface area contributed by atoms with E-state index in [0.717, 1.165) is 22.1 Å². The minimum Gasteiger partial charge on any atom is -0.373 e. The first kappa shape index (κ1) is 13.9. The quantitative estimate of drug-likeness (QED) is 0.898. The molecule has 0 heterocycles. The van der Waals surface area contributed by atoms with Crippen molar-refractivity contribution in [2.24, 2.45) is 11.7 Å². The third kappa shape index (κ3) is 3.71. The molecule has 1 aromatic carbocycles. The van der Waals surface area contributed by atoms with Crippen LogP contribution in [-0.2, 0) is 17.9 Å². The van der Waals surface area contributed by atoms with Crippen LogP contribution in [0.5, 0.6) is 0 Å². The Hall–Kier alpha value is -0.570. The molecule has 2 N–H and O–H groups in total. The van der Waals surface area contributed by atoms with Gasteiger partial charge in [-0.2, -0.15) is 0 Å². The van der Waals surface area contributed by atoms with Gasteiger partial charge in [0.1, 0.15) is 0 Å². The van der Waals surface area contributed by atoms with Crippen LogP contribution in [0, 0.1) is 5.92 Å². The van der Waals surface area contributed by atoms with Gasteiger partial charge in [0, 0.05) is 11.6 Å². The lowest BCUT2D eigenvalue weighted by atomic mass is 9.89. The van der Waals surface area contributed by atoms with E-state index in [1.165, 1.54) is 25.7 Å². The fourth-order valence-corrected chi connectivity index (χ4v) is 2.83. The number of hydrogen-bond acceptors (Lipinski definition) is 2. The minimum atomic E-state index is 0.402. The lowest BCUT2D eigenvalue weighted by molar-refractivity contribution is 0.00470. The van der Waals surface area contributed by atoms with Crippen molar-refractivity contribution in [2.75, 3.05) is 0 Å². The zero-order valence-corrected chi connectivity index (χ0v) is 11.7. The zero-order chi connectivity index (χ0) is 13.0. The number of hydrogen-bond donors (Lipinski definition) is 1. The van der Waals surface area contributed by atoms with Crippen molar-refractivity contribution < 1.29 is 4.74 Å². The maximum Gasteiger partial charge on any atom is 0.0735 e.